The number of hydrogen-bond donors (Lipinski definition) is 1. The van der Waals surface area contributed by atoms with Crippen LogP contribution in [-0.4, -0.2) is 11.7 Å². The van der Waals surface area contributed by atoms with Gasteiger partial charge in [0, 0.05) is 16.5 Å². The van der Waals surface area contributed by atoms with Crippen LogP contribution in [0.1, 0.15) is 11.1 Å². The van der Waals surface area contributed by atoms with Gasteiger partial charge in [0.1, 0.15) is 5.82 Å². The van der Waals surface area contributed by atoms with Gasteiger partial charge in [-0.2, -0.15) is 0 Å². The molecule has 2 aromatic rings. The maximum atomic E-state index is 13.4. The van der Waals surface area contributed by atoms with Crippen molar-refractivity contribution in [2.45, 2.75) is 18.4 Å². The van der Waals surface area contributed by atoms with Gasteiger partial charge in [-0.25, -0.2) is 4.39 Å². The number of amides is 1. The molecule has 5 heteroatoms. The Morgan fingerprint density at radius 1 is 1.29 bits per heavy atom. The molecule has 0 aliphatic rings. The first-order valence-electron chi connectivity index (χ1n) is 6.44. The van der Waals surface area contributed by atoms with E-state index in [2.05, 4.69) is 5.32 Å². The van der Waals surface area contributed by atoms with Gasteiger partial charge >= 0.3 is 0 Å². The van der Waals surface area contributed by atoms with Crippen LogP contribution in [0.2, 0.25) is 5.02 Å². The normalized spacial score (nSPS) is 10.4. The van der Waals surface area contributed by atoms with Crippen molar-refractivity contribution < 1.29 is 9.18 Å². The molecule has 0 saturated heterocycles. The molecule has 1 N–H and O–H groups in total. The van der Waals surface area contributed by atoms with E-state index in [1.165, 1.54) is 17.8 Å². The van der Waals surface area contributed by atoms with E-state index in [9.17, 15) is 9.18 Å². The number of hydrogen-bond acceptors (Lipinski definition) is 2. The summed E-state index contributed by atoms with van der Waals surface area (Å²) in [5.74, 6) is -0.0506. The molecule has 0 atom stereocenters. The second-order valence-corrected chi connectivity index (χ2v) is 6.09. The summed E-state index contributed by atoms with van der Waals surface area (Å²) in [7, 11) is 0. The third kappa shape index (κ3) is 5.06. The molecular weight excluding hydrogens is 309 g/mol. The third-order valence-corrected chi connectivity index (χ3v) is 4.12. The highest BCUT2D eigenvalue weighted by molar-refractivity contribution is 8.00. The molecule has 2 nitrogen and oxygen atoms in total. The molecule has 0 aliphatic heterocycles. The van der Waals surface area contributed by atoms with Crippen molar-refractivity contribution in [3.63, 3.8) is 0 Å². The number of thioether (sulfide) groups is 1. The Kier molecular flexibility index (Phi) is 5.65. The van der Waals surface area contributed by atoms with Crippen LogP contribution in [-0.2, 0) is 11.3 Å². The van der Waals surface area contributed by atoms with Crippen LogP contribution in [0.25, 0.3) is 0 Å². The van der Waals surface area contributed by atoms with Gasteiger partial charge < -0.3 is 5.32 Å². The van der Waals surface area contributed by atoms with Crippen molar-refractivity contribution in [3.8, 4) is 0 Å². The summed E-state index contributed by atoms with van der Waals surface area (Å²) in [6.07, 6.45) is 0. The number of aryl methyl sites for hydroxylation is 1. The Balaban J connectivity index is 1.80. The highest BCUT2D eigenvalue weighted by Crippen LogP contribution is 2.21. The zero-order valence-corrected chi connectivity index (χ0v) is 13.1. The van der Waals surface area contributed by atoms with Gasteiger partial charge in [-0.15, -0.1) is 11.8 Å². The fraction of sp³-hybridized carbons (Fsp3) is 0.188. The third-order valence-electron chi connectivity index (χ3n) is 2.89. The average molecular weight is 324 g/mol. The molecule has 2 rings (SSSR count). The van der Waals surface area contributed by atoms with Gasteiger partial charge in [0.25, 0.3) is 0 Å². The largest absolute Gasteiger partial charge is 0.351 e. The molecule has 21 heavy (non-hydrogen) atoms. The number of carbonyl (C=O) groups excluding carboxylic acids is 1. The van der Waals surface area contributed by atoms with Crippen molar-refractivity contribution in [2.24, 2.45) is 0 Å². The minimum atomic E-state index is -0.255. The second kappa shape index (κ2) is 7.48. The van der Waals surface area contributed by atoms with Crippen LogP contribution in [0, 0.1) is 12.7 Å². The van der Waals surface area contributed by atoms with Crippen molar-refractivity contribution in [1.29, 1.82) is 0 Å². The van der Waals surface area contributed by atoms with E-state index < -0.39 is 0 Å². The molecule has 1 amide bonds. The van der Waals surface area contributed by atoms with E-state index in [1.54, 1.807) is 19.1 Å². The van der Waals surface area contributed by atoms with Crippen LogP contribution in [0.4, 0.5) is 4.39 Å². The molecular formula is C16H15ClFNOS. The van der Waals surface area contributed by atoms with Crippen molar-refractivity contribution in [3.05, 3.63) is 64.4 Å². The maximum absolute atomic E-state index is 13.4. The van der Waals surface area contributed by atoms with Gasteiger partial charge in [0.15, 0.2) is 0 Å². The highest BCUT2D eigenvalue weighted by atomic mass is 35.5. The molecule has 0 saturated carbocycles. The lowest BCUT2D eigenvalue weighted by Gasteiger charge is -2.06. The lowest BCUT2D eigenvalue weighted by molar-refractivity contribution is -0.118. The predicted octanol–water partition coefficient (Wildman–Crippen LogP) is 4.20. The summed E-state index contributed by atoms with van der Waals surface area (Å²) in [6.45, 7) is 2.03. The first-order chi connectivity index (χ1) is 10.0. The van der Waals surface area contributed by atoms with Crippen LogP contribution < -0.4 is 5.32 Å². The quantitative estimate of drug-likeness (QED) is 0.836. The standard InChI is InChI=1S/C16H15ClFNOS/c1-11-5-6-12(7-15(11)18)9-19-16(20)10-21-14-4-2-3-13(17)8-14/h2-8H,9-10H2,1H3,(H,19,20). The Morgan fingerprint density at radius 3 is 2.81 bits per heavy atom. The minimum absolute atomic E-state index is 0.0963. The molecule has 0 spiro atoms. The van der Waals surface area contributed by atoms with Gasteiger partial charge in [-0.3, -0.25) is 4.79 Å². The van der Waals surface area contributed by atoms with E-state index >= 15 is 0 Å². The first-order valence-corrected chi connectivity index (χ1v) is 7.81. The van der Waals surface area contributed by atoms with Crippen molar-refractivity contribution >= 4 is 29.3 Å². The molecule has 0 fully saturated rings. The molecule has 0 aliphatic carbocycles. The summed E-state index contributed by atoms with van der Waals surface area (Å²) >= 11 is 7.29. The highest BCUT2D eigenvalue weighted by Gasteiger charge is 2.05. The molecule has 2 aromatic carbocycles. The van der Waals surface area contributed by atoms with E-state index in [-0.39, 0.29) is 11.7 Å². The summed E-state index contributed by atoms with van der Waals surface area (Å²) in [4.78, 5) is 12.7. The topological polar surface area (TPSA) is 29.1 Å². The average Bonchev–Trinajstić information content (AvgIpc) is 2.46. The number of benzene rings is 2. The van der Waals surface area contributed by atoms with Crippen LogP contribution in [0.5, 0.6) is 0 Å². The van der Waals surface area contributed by atoms with E-state index in [0.29, 0.717) is 22.9 Å². The van der Waals surface area contributed by atoms with Crippen molar-refractivity contribution in [2.75, 3.05) is 5.75 Å². The molecule has 0 bridgehead atoms. The first kappa shape index (κ1) is 15.9. The van der Waals surface area contributed by atoms with E-state index in [4.69, 9.17) is 11.6 Å². The Labute approximate surface area is 132 Å². The summed E-state index contributed by atoms with van der Waals surface area (Å²) < 4.78 is 13.4. The zero-order valence-electron chi connectivity index (χ0n) is 11.5. The molecule has 0 unspecified atom stereocenters. The van der Waals surface area contributed by atoms with Crippen molar-refractivity contribution in [1.82, 2.24) is 5.32 Å². The maximum Gasteiger partial charge on any atom is 0.230 e. The van der Waals surface area contributed by atoms with Crippen LogP contribution >= 0.6 is 23.4 Å². The van der Waals surface area contributed by atoms with Gasteiger partial charge in [0.2, 0.25) is 5.91 Å². The fourth-order valence-electron chi connectivity index (χ4n) is 1.70. The van der Waals surface area contributed by atoms with Gasteiger partial charge in [-0.05, 0) is 42.3 Å². The molecule has 0 heterocycles. The van der Waals surface area contributed by atoms with Gasteiger partial charge in [0.05, 0.1) is 5.75 Å². The minimum Gasteiger partial charge on any atom is -0.351 e. The summed E-state index contributed by atoms with van der Waals surface area (Å²) in [5.41, 5.74) is 1.35. The monoisotopic (exact) mass is 323 g/mol. The second-order valence-electron chi connectivity index (χ2n) is 4.61. The molecule has 110 valence electrons. The lowest BCUT2D eigenvalue weighted by Crippen LogP contribution is -2.24. The zero-order chi connectivity index (χ0) is 15.2. The summed E-state index contributed by atoms with van der Waals surface area (Å²) in [5, 5.41) is 3.42. The fourth-order valence-corrected chi connectivity index (χ4v) is 2.74. The smallest absolute Gasteiger partial charge is 0.230 e. The Hall–Kier alpha value is -1.52. The number of carbonyl (C=O) groups is 1. The van der Waals surface area contributed by atoms with Gasteiger partial charge in [-0.1, -0.05) is 29.8 Å². The number of nitrogens with one attached hydrogen (secondary N) is 1. The predicted molar refractivity (Wildman–Crippen MR) is 85.2 cm³/mol. The number of halogens is 2. The molecule has 0 aromatic heterocycles. The van der Waals surface area contributed by atoms with Crippen LogP contribution in [0.3, 0.4) is 0 Å². The van der Waals surface area contributed by atoms with E-state index in [1.807, 2.05) is 24.3 Å². The Morgan fingerprint density at radius 2 is 2.10 bits per heavy atom. The molecule has 0 radical (unpaired) electrons. The summed E-state index contributed by atoms with van der Waals surface area (Å²) in [6, 6.07) is 12.3. The van der Waals surface area contributed by atoms with Crippen LogP contribution in [0.15, 0.2) is 47.4 Å². The van der Waals surface area contributed by atoms with E-state index in [0.717, 1.165) is 10.5 Å². The number of rotatable bonds is 5. The Bertz CT molecular complexity index is 648. The lowest BCUT2D eigenvalue weighted by atomic mass is 10.1. The SMILES string of the molecule is Cc1ccc(CNC(=O)CSc2cccc(Cl)c2)cc1F.